The molecule has 0 saturated carbocycles. The number of hydrogen-bond donors (Lipinski definition) is 2. The number of nitrogens with zero attached hydrogens (tertiary/aromatic N) is 3. The number of carbonyl (C=O) groups is 1. The highest BCUT2D eigenvalue weighted by molar-refractivity contribution is 5.92. The van der Waals surface area contributed by atoms with Crippen LogP contribution in [-0.2, 0) is 0 Å². The van der Waals surface area contributed by atoms with E-state index in [4.69, 9.17) is 0 Å². The van der Waals surface area contributed by atoms with Crippen molar-refractivity contribution in [3.63, 3.8) is 0 Å². The van der Waals surface area contributed by atoms with Crippen LogP contribution in [0.1, 0.15) is 24.3 Å². The van der Waals surface area contributed by atoms with Crippen LogP contribution in [0.3, 0.4) is 0 Å². The first-order valence-corrected chi connectivity index (χ1v) is 6.68. The van der Waals surface area contributed by atoms with Crippen molar-refractivity contribution in [2.45, 2.75) is 19.9 Å². The molecular formula is C14H19N5O. The Kier molecular flexibility index (Phi) is 4.84. The van der Waals surface area contributed by atoms with Crippen LogP contribution in [0.2, 0.25) is 0 Å². The Morgan fingerprint density at radius 1 is 1.45 bits per heavy atom. The highest BCUT2D eigenvalue weighted by Gasteiger charge is 2.09. The number of nitrogens with one attached hydrogen (secondary N) is 2. The summed E-state index contributed by atoms with van der Waals surface area (Å²) in [7, 11) is 0. The zero-order valence-electron chi connectivity index (χ0n) is 11.7. The lowest BCUT2D eigenvalue weighted by Gasteiger charge is -2.13. The fourth-order valence-electron chi connectivity index (χ4n) is 1.86. The summed E-state index contributed by atoms with van der Waals surface area (Å²) in [6.45, 7) is 5.51. The molecular weight excluding hydrogens is 254 g/mol. The lowest BCUT2D eigenvalue weighted by atomic mass is 10.3. The first-order valence-electron chi connectivity index (χ1n) is 6.68. The van der Waals surface area contributed by atoms with Crippen molar-refractivity contribution in [2.75, 3.05) is 13.1 Å². The molecule has 2 aromatic heterocycles. The molecule has 0 radical (unpaired) electrons. The third kappa shape index (κ3) is 3.64. The largest absolute Gasteiger partial charge is 0.349 e. The Hall–Kier alpha value is -2.21. The summed E-state index contributed by atoms with van der Waals surface area (Å²) in [6, 6.07) is 5.60. The van der Waals surface area contributed by atoms with Crippen molar-refractivity contribution in [1.29, 1.82) is 0 Å². The highest BCUT2D eigenvalue weighted by atomic mass is 16.1. The van der Waals surface area contributed by atoms with Gasteiger partial charge in [-0.1, -0.05) is 6.92 Å². The van der Waals surface area contributed by atoms with Crippen molar-refractivity contribution in [3.05, 3.63) is 42.5 Å². The molecule has 1 amide bonds. The van der Waals surface area contributed by atoms with Gasteiger partial charge in [-0.05, 0) is 31.7 Å². The van der Waals surface area contributed by atoms with Crippen LogP contribution in [-0.4, -0.2) is 39.8 Å². The van der Waals surface area contributed by atoms with Gasteiger partial charge in [0.15, 0.2) is 0 Å². The standard InChI is InChI=1S/C14H19N5O/c1-3-15-11(2)10-17-14(20)13-9-12(5-7-16-13)19-8-4-6-18-19/h4-9,11,15H,3,10H2,1-2H3,(H,17,20)/t11-/m1/s1. The Morgan fingerprint density at radius 2 is 2.30 bits per heavy atom. The van der Waals surface area contributed by atoms with E-state index >= 15 is 0 Å². The quantitative estimate of drug-likeness (QED) is 0.823. The number of hydrogen-bond acceptors (Lipinski definition) is 4. The summed E-state index contributed by atoms with van der Waals surface area (Å²) in [5.74, 6) is -0.177. The maximum absolute atomic E-state index is 12.0. The predicted molar refractivity (Wildman–Crippen MR) is 76.8 cm³/mol. The van der Waals surface area contributed by atoms with E-state index in [1.807, 2.05) is 32.2 Å². The van der Waals surface area contributed by atoms with Crippen molar-refractivity contribution in [2.24, 2.45) is 0 Å². The number of pyridine rings is 1. The summed E-state index contributed by atoms with van der Waals surface area (Å²) in [4.78, 5) is 16.1. The molecule has 0 fully saturated rings. The Labute approximate surface area is 118 Å². The molecule has 2 rings (SSSR count). The molecule has 0 saturated heterocycles. The van der Waals surface area contributed by atoms with Gasteiger partial charge in [-0.15, -0.1) is 0 Å². The van der Waals surface area contributed by atoms with E-state index in [2.05, 4.69) is 20.7 Å². The van der Waals surface area contributed by atoms with Crippen molar-refractivity contribution in [3.8, 4) is 5.69 Å². The van der Waals surface area contributed by atoms with Crippen LogP contribution in [0.5, 0.6) is 0 Å². The van der Waals surface area contributed by atoms with Gasteiger partial charge in [0.25, 0.3) is 5.91 Å². The Balaban J connectivity index is 2.02. The topological polar surface area (TPSA) is 71.8 Å². The zero-order valence-corrected chi connectivity index (χ0v) is 11.7. The Morgan fingerprint density at radius 3 is 3.00 bits per heavy atom. The van der Waals surface area contributed by atoms with Gasteiger partial charge < -0.3 is 10.6 Å². The second-order valence-electron chi connectivity index (χ2n) is 4.52. The molecule has 2 N–H and O–H groups in total. The van der Waals surface area contributed by atoms with E-state index in [0.717, 1.165) is 12.2 Å². The number of carbonyl (C=O) groups excluding carboxylic acids is 1. The van der Waals surface area contributed by atoms with Gasteiger partial charge >= 0.3 is 0 Å². The molecule has 6 nitrogen and oxygen atoms in total. The third-order valence-corrected chi connectivity index (χ3v) is 2.87. The van der Waals surface area contributed by atoms with E-state index in [1.165, 1.54) is 0 Å². The van der Waals surface area contributed by atoms with E-state index < -0.39 is 0 Å². The van der Waals surface area contributed by atoms with Gasteiger partial charge in [0.05, 0.1) is 5.69 Å². The van der Waals surface area contributed by atoms with Crippen LogP contribution in [0.25, 0.3) is 5.69 Å². The second-order valence-corrected chi connectivity index (χ2v) is 4.52. The highest BCUT2D eigenvalue weighted by Crippen LogP contribution is 2.06. The van der Waals surface area contributed by atoms with E-state index in [1.54, 1.807) is 23.1 Å². The summed E-state index contributed by atoms with van der Waals surface area (Å²) in [5.41, 5.74) is 1.21. The molecule has 0 aromatic carbocycles. The molecule has 0 aliphatic rings. The molecule has 2 heterocycles. The molecule has 0 spiro atoms. The van der Waals surface area contributed by atoms with Gasteiger partial charge in [-0.2, -0.15) is 5.10 Å². The van der Waals surface area contributed by atoms with Crippen molar-refractivity contribution in [1.82, 2.24) is 25.4 Å². The zero-order chi connectivity index (χ0) is 14.4. The summed E-state index contributed by atoms with van der Waals surface area (Å²) in [6.07, 6.45) is 5.13. The molecule has 20 heavy (non-hydrogen) atoms. The minimum Gasteiger partial charge on any atom is -0.349 e. The number of amides is 1. The van der Waals surface area contributed by atoms with Gasteiger partial charge in [-0.25, -0.2) is 4.68 Å². The van der Waals surface area contributed by atoms with Crippen LogP contribution in [0.4, 0.5) is 0 Å². The monoisotopic (exact) mass is 273 g/mol. The van der Waals surface area contributed by atoms with Crippen LogP contribution in [0.15, 0.2) is 36.8 Å². The normalized spacial score (nSPS) is 12.1. The minimum atomic E-state index is -0.177. The van der Waals surface area contributed by atoms with Gasteiger partial charge in [0, 0.05) is 31.2 Å². The Bertz CT molecular complexity index is 552. The summed E-state index contributed by atoms with van der Waals surface area (Å²) < 4.78 is 1.69. The van der Waals surface area contributed by atoms with Crippen LogP contribution >= 0.6 is 0 Å². The maximum atomic E-state index is 12.0. The average Bonchev–Trinajstić information content (AvgIpc) is 2.99. The molecule has 0 unspecified atom stereocenters. The van der Waals surface area contributed by atoms with Crippen molar-refractivity contribution >= 4 is 5.91 Å². The SMILES string of the molecule is CCN[C@H](C)CNC(=O)c1cc(-n2cccn2)ccn1. The minimum absolute atomic E-state index is 0.177. The van der Waals surface area contributed by atoms with Crippen LogP contribution in [0, 0.1) is 0 Å². The van der Waals surface area contributed by atoms with Gasteiger partial charge in [0.2, 0.25) is 0 Å². The molecule has 0 aliphatic carbocycles. The molecule has 0 bridgehead atoms. The number of aromatic nitrogens is 3. The van der Waals surface area contributed by atoms with Crippen LogP contribution < -0.4 is 10.6 Å². The summed E-state index contributed by atoms with van der Waals surface area (Å²) in [5, 5.41) is 10.2. The van der Waals surface area contributed by atoms with Gasteiger partial charge in [0.1, 0.15) is 5.69 Å². The summed E-state index contributed by atoms with van der Waals surface area (Å²) >= 11 is 0. The lowest BCUT2D eigenvalue weighted by molar-refractivity contribution is 0.0945. The van der Waals surface area contributed by atoms with E-state index in [9.17, 15) is 4.79 Å². The van der Waals surface area contributed by atoms with Crippen molar-refractivity contribution < 1.29 is 4.79 Å². The fourth-order valence-corrected chi connectivity index (χ4v) is 1.86. The molecule has 0 aliphatic heterocycles. The fraction of sp³-hybridized carbons (Fsp3) is 0.357. The molecule has 2 aromatic rings. The molecule has 6 heteroatoms. The first kappa shape index (κ1) is 14.2. The number of rotatable bonds is 6. The van der Waals surface area contributed by atoms with E-state index in [0.29, 0.717) is 12.2 Å². The predicted octanol–water partition coefficient (Wildman–Crippen LogP) is 0.995. The lowest BCUT2D eigenvalue weighted by Crippen LogP contribution is -2.39. The first-order chi connectivity index (χ1) is 9.70. The second kappa shape index (κ2) is 6.81. The van der Waals surface area contributed by atoms with Gasteiger partial charge in [-0.3, -0.25) is 9.78 Å². The molecule has 106 valence electrons. The molecule has 1 atom stereocenters. The maximum Gasteiger partial charge on any atom is 0.270 e. The third-order valence-electron chi connectivity index (χ3n) is 2.87. The smallest absolute Gasteiger partial charge is 0.270 e. The number of likely N-dealkylation sites (N-methyl/N-ethyl adjacent to an activating group) is 1. The average molecular weight is 273 g/mol. The van der Waals surface area contributed by atoms with E-state index in [-0.39, 0.29) is 11.9 Å².